The van der Waals surface area contributed by atoms with Crippen molar-refractivity contribution in [3.05, 3.63) is 35.9 Å². The molecule has 1 nitrogen and oxygen atoms in total. The lowest BCUT2D eigenvalue weighted by Crippen LogP contribution is -2.26. The molecule has 1 aromatic rings. The smallest absolute Gasteiger partial charge is 0.0374 e. The summed E-state index contributed by atoms with van der Waals surface area (Å²) in [5.74, 6) is 0. The van der Waals surface area contributed by atoms with Gasteiger partial charge in [0, 0.05) is 6.04 Å². The third kappa shape index (κ3) is 2.07. The van der Waals surface area contributed by atoms with E-state index in [0.29, 0.717) is 11.5 Å². The Bertz CT molecular complexity index is 306. The maximum absolute atomic E-state index is 3.65. The Morgan fingerprint density at radius 3 is 2.73 bits per heavy atom. The summed E-state index contributed by atoms with van der Waals surface area (Å²) in [7, 11) is 0. The molecule has 0 aromatic heterocycles. The molecule has 0 spiro atoms. The van der Waals surface area contributed by atoms with E-state index in [4.69, 9.17) is 0 Å². The highest BCUT2D eigenvalue weighted by atomic mass is 15.0. The van der Waals surface area contributed by atoms with Crippen LogP contribution in [0.5, 0.6) is 0 Å². The van der Waals surface area contributed by atoms with E-state index in [2.05, 4.69) is 49.5 Å². The molecule has 0 amide bonds. The highest BCUT2D eigenvalue weighted by Gasteiger charge is 2.38. The van der Waals surface area contributed by atoms with E-state index in [1.165, 1.54) is 24.8 Å². The van der Waals surface area contributed by atoms with Crippen molar-refractivity contribution in [1.82, 2.24) is 5.32 Å². The van der Waals surface area contributed by atoms with Gasteiger partial charge in [0.25, 0.3) is 0 Å². The predicted molar refractivity (Wildman–Crippen MR) is 64.8 cm³/mol. The van der Waals surface area contributed by atoms with Gasteiger partial charge in [-0.05, 0) is 30.4 Å². The molecular weight excluding hydrogens is 182 g/mol. The standard InChI is InChI=1S/C14H21N/c1-3-9-14(2)10-11-15-13(14)12-7-5-4-6-8-12/h4-8,13,15H,3,9-11H2,1-2H3. The number of nitrogens with one attached hydrogen (secondary N) is 1. The fourth-order valence-corrected chi connectivity index (χ4v) is 2.90. The molecule has 0 saturated carbocycles. The minimum atomic E-state index is 0.454. The SMILES string of the molecule is CCCC1(C)CCNC1c1ccccc1. The van der Waals surface area contributed by atoms with Crippen LogP contribution in [0, 0.1) is 5.41 Å². The van der Waals surface area contributed by atoms with Crippen LogP contribution in [0.3, 0.4) is 0 Å². The third-order valence-electron chi connectivity index (χ3n) is 3.70. The second-order valence-electron chi connectivity index (χ2n) is 4.95. The molecule has 0 bridgehead atoms. The molecule has 1 heterocycles. The van der Waals surface area contributed by atoms with Crippen molar-refractivity contribution in [2.75, 3.05) is 6.54 Å². The highest BCUT2D eigenvalue weighted by molar-refractivity contribution is 5.22. The van der Waals surface area contributed by atoms with Crippen molar-refractivity contribution in [2.45, 2.75) is 39.2 Å². The molecule has 2 unspecified atom stereocenters. The van der Waals surface area contributed by atoms with E-state index in [1.807, 2.05) is 0 Å². The van der Waals surface area contributed by atoms with Crippen molar-refractivity contribution in [1.29, 1.82) is 0 Å². The molecule has 2 atom stereocenters. The normalized spacial score (nSPS) is 30.7. The first kappa shape index (κ1) is 10.7. The van der Waals surface area contributed by atoms with Crippen LogP contribution in [0.4, 0.5) is 0 Å². The Morgan fingerprint density at radius 2 is 2.07 bits per heavy atom. The summed E-state index contributed by atoms with van der Waals surface area (Å²) in [6.07, 6.45) is 3.90. The number of hydrogen-bond acceptors (Lipinski definition) is 1. The molecule has 1 aliphatic rings. The van der Waals surface area contributed by atoms with Crippen LogP contribution in [0.15, 0.2) is 30.3 Å². The molecule has 1 heteroatoms. The molecule has 0 aliphatic carbocycles. The van der Waals surface area contributed by atoms with E-state index >= 15 is 0 Å². The van der Waals surface area contributed by atoms with Crippen molar-refractivity contribution in [3.8, 4) is 0 Å². The van der Waals surface area contributed by atoms with Gasteiger partial charge in [-0.25, -0.2) is 0 Å². The van der Waals surface area contributed by atoms with E-state index < -0.39 is 0 Å². The van der Waals surface area contributed by atoms with Crippen LogP contribution in [0.1, 0.15) is 44.7 Å². The lowest BCUT2D eigenvalue weighted by atomic mass is 9.76. The van der Waals surface area contributed by atoms with Crippen molar-refractivity contribution in [2.24, 2.45) is 5.41 Å². The minimum Gasteiger partial charge on any atom is -0.309 e. The summed E-state index contributed by atoms with van der Waals surface area (Å²) < 4.78 is 0. The van der Waals surface area contributed by atoms with E-state index in [0.717, 1.165) is 6.54 Å². The van der Waals surface area contributed by atoms with Gasteiger partial charge in [-0.15, -0.1) is 0 Å². The summed E-state index contributed by atoms with van der Waals surface area (Å²) >= 11 is 0. The molecule has 2 rings (SSSR count). The average molecular weight is 203 g/mol. The third-order valence-corrected chi connectivity index (χ3v) is 3.70. The molecule has 15 heavy (non-hydrogen) atoms. The zero-order valence-corrected chi connectivity index (χ0v) is 9.79. The average Bonchev–Trinajstić information content (AvgIpc) is 2.62. The van der Waals surface area contributed by atoms with Gasteiger partial charge in [0.05, 0.1) is 0 Å². The zero-order valence-electron chi connectivity index (χ0n) is 9.79. The van der Waals surface area contributed by atoms with Gasteiger partial charge in [-0.3, -0.25) is 0 Å². The van der Waals surface area contributed by atoms with Gasteiger partial charge in [0.15, 0.2) is 0 Å². The summed E-state index contributed by atoms with van der Waals surface area (Å²) in [4.78, 5) is 0. The largest absolute Gasteiger partial charge is 0.309 e. The second kappa shape index (κ2) is 4.36. The fourth-order valence-electron chi connectivity index (χ4n) is 2.90. The minimum absolute atomic E-state index is 0.454. The topological polar surface area (TPSA) is 12.0 Å². The van der Waals surface area contributed by atoms with Crippen LogP contribution < -0.4 is 5.32 Å². The molecule has 82 valence electrons. The molecular formula is C14H21N. The first-order valence-electron chi connectivity index (χ1n) is 6.04. The maximum Gasteiger partial charge on any atom is 0.0374 e. The Hall–Kier alpha value is -0.820. The fraction of sp³-hybridized carbons (Fsp3) is 0.571. The quantitative estimate of drug-likeness (QED) is 0.792. The summed E-state index contributed by atoms with van der Waals surface area (Å²) in [6.45, 7) is 5.87. The summed E-state index contributed by atoms with van der Waals surface area (Å²) in [5.41, 5.74) is 1.90. The van der Waals surface area contributed by atoms with Gasteiger partial charge >= 0.3 is 0 Å². The van der Waals surface area contributed by atoms with Gasteiger partial charge in [-0.2, -0.15) is 0 Å². The Labute approximate surface area is 92.9 Å². The molecule has 1 fully saturated rings. The van der Waals surface area contributed by atoms with E-state index in [9.17, 15) is 0 Å². The Kier molecular flexibility index (Phi) is 3.11. The van der Waals surface area contributed by atoms with Crippen LogP contribution >= 0.6 is 0 Å². The van der Waals surface area contributed by atoms with E-state index in [-0.39, 0.29) is 0 Å². The van der Waals surface area contributed by atoms with Crippen LogP contribution in [0.25, 0.3) is 0 Å². The number of benzene rings is 1. The van der Waals surface area contributed by atoms with Crippen LogP contribution in [-0.2, 0) is 0 Å². The number of rotatable bonds is 3. The Morgan fingerprint density at radius 1 is 1.33 bits per heavy atom. The first-order valence-corrected chi connectivity index (χ1v) is 6.04. The highest BCUT2D eigenvalue weighted by Crippen LogP contribution is 2.44. The zero-order chi connectivity index (χ0) is 10.7. The summed E-state index contributed by atoms with van der Waals surface area (Å²) in [5, 5.41) is 3.65. The number of hydrogen-bond donors (Lipinski definition) is 1. The van der Waals surface area contributed by atoms with Crippen molar-refractivity contribution < 1.29 is 0 Å². The monoisotopic (exact) mass is 203 g/mol. The lowest BCUT2D eigenvalue weighted by molar-refractivity contribution is 0.257. The molecule has 1 aromatic carbocycles. The van der Waals surface area contributed by atoms with Gasteiger partial charge < -0.3 is 5.32 Å². The van der Waals surface area contributed by atoms with E-state index in [1.54, 1.807) is 0 Å². The van der Waals surface area contributed by atoms with Gasteiger partial charge in [-0.1, -0.05) is 50.6 Å². The maximum atomic E-state index is 3.65. The van der Waals surface area contributed by atoms with Gasteiger partial charge in [0.2, 0.25) is 0 Å². The predicted octanol–water partition coefficient (Wildman–Crippen LogP) is 3.53. The molecule has 0 radical (unpaired) electrons. The van der Waals surface area contributed by atoms with Crippen LogP contribution in [0.2, 0.25) is 0 Å². The first-order chi connectivity index (χ1) is 7.26. The van der Waals surface area contributed by atoms with Crippen LogP contribution in [-0.4, -0.2) is 6.54 Å². The van der Waals surface area contributed by atoms with Gasteiger partial charge in [0.1, 0.15) is 0 Å². The second-order valence-corrected chi connectivity index (χ2v) is 4.95. The molecule has 1 aliphatic heterocycles. The van der Waals surface area contributed by atoms with Crippen molar-refractivity contribution in [3.63, 3.8) is 0 Å². The van der Waals surface area contributed by atoms with Crippen molar-refractivity contribution >= 4 is 0 Å². The lowest BCUT2D eigenvalue weighted by Gasteiger charge is -2.31. The Balaban J connectivity index is 2.21. The molecule has 1 saturated heterocycles. The molecule has 1 N–H and O–H groups in total. The summed E-state index contributed by atoms with van der Waals surface area (Å²) in [6, 6.07) is 11.4.